The van der Waals surface area contributed by atoms with Crippen LogP contribution in [0.25, 0.3) is 0 Å². The second kappa shape index (κ2) is 10.7. The van der Waals surface area contributed by atoms with Gasteiger partial charge in [-0.1, -0.05) is 31.0 Å². The third-order valence-corrected chi connectivity index (χ3v) is 9.29. The van der Waals surface area contributed by atoms with Crippen molar-refractivity contribution in [2.24, 2.45) is 0 Å². The zero-order valence-corrected chi connectivity index (χ0v) is 21.3. The van der Waals surface area contributed by atoms with Crippen LogP contribution in [0, 0.1) is 13.8 Å². The molecule has 34 heavy (non-hydrogen) atoms. The number of benzene rings is 1. The minimum atomic E-state index is -3.04. The molecule has 0 spiro atoms. The van der Waals surface area contributed by atoms with Crippen molar-refractivity contribution in [3.05, 3.63) is 29.3 Å². The predicted octanol–water partition coefficient (Wildman–Crippen LogP) is 1.82. The second-order valence-electron chi connectivity index (χ2n) is 10.2. The van der Waals surface area contributed by atoms with E-state index in [9.17, 15) is 18.0 Å². The quantitative estimate of drug-likeness (QED) is 0.627. The summed E-state index contributed by atoms with van der Waals surface area (Å²) in [5.74, 6) is 0.349. The molecule has 1 aromatic carbocycles. The number of hydrogen-bond donors (Lipinski definition) is 1. The van der Waals surface area contributed by atoms with Gasteiger partial charge in [0, 0.05) is 44.0 Å². The monoisotopic (exact) mass is 490 g/mol. The molecule has 9 heteroatoms. The fourth-order valence-corrected chi connectivity index (χ4v) is 7.37. The van der Waals surface area contributed by atoms with Crippen molar-refractivity contribution in [3.63, 3.8) is 0 Å². The number of carbonyl (C=O) groups excluding carboxylic acids is 2. The molecule has 0 bridgehead atoms. The minimum Gasteiger partial charge on any atom is -0.335 e. The van der Waals surface area contributed by atoms with Crippen LogP contribution >= 0.6 is 0 Å². The summed E-state index contributed by atoms with van der Waals surface area (Å²) in [5, 5.41) is 3.05. The number of amides is 2. The van der Waals surface area contributed by atoms with Crippen molar-refractivity contribution in [2.75, 3.05) is 56.1 Å². The Balaban J connectivity index is 1.28. The van der Waals surface area contributed by atoms with Gasteiger partial charge in [0.2, 0.25) is 11.8 Å². The fraction of sp³-hybridized carbons (Fsp3) is 0.680. The van der Waals surface area contributed by atoms with E-state index in [1.165, 1.54) is 0 Å². The number of hydrogen-bond acceptors (Lipinski definition) is 6. The van der Waals surface area contributed by atoms with E-state index in [2.05, 4.69) is 15.1 Å². The number of nitrogens with zero attached hydrogens (tertiary/aromatic N) is 3. The molecule has 4 rings (SSSR count). The van der Waals surface area contributed by atoms with Crippen LogP contribution in [0.5, 0.6) is 0 Å². The van der Waals surface area contributed by atoms with E-state index in [-0.39, 0.29) is 35.4 Å². The number of para-hydroxylation sites is 1. The van der Waals surface area contributed by atoms with Crippen LogP contribution in [0.1, 0.15) is 43.2 Å². The van der Waals surface area contributed by atoms with E-state index in [0.29, 0.717) is 19.5 Å². The molecule has 1 aliphatic carbocycles. The van der Waals surface area contributed by atoms with Gasteiger partial charge < -0.3 is 10.2 Å². The first-order valence-electron chi connectivity index (χ1n) is 12.5. The van der Waals surface area contributed by atoms with Crippen LogP contribution in [-0.4, -0.2) is 97.8 Å². The third-order valence-electron chi connectivity index (χ3n) is 7.54. The summed E-state index contributed by atoms with van der Waals surface area (Å²) in [6.07, 6.45) is 4.73. The van der Waals surface area contributed by atoms with E-state index < -0.39 is 9.84 Å². The molecule has 1 unspecified atom stereocenters. The Morgan fingerprint density at radius 1 is 0.941 bits per heavy atom. The zero-order chi connectivity index (χ0) is 24.3. The maximum atomic E-state index is 13.3. The van der Waals surface area contributed by atoms with Crippen LogP contribution in [0.15, 0.2) is 18.2 Å². The van der Waals surface area contributed by atoms with Gasteiger partial charge >= 0.3 is 0 Å². The van der Waals surface area contributed by atoms with Crippen molar-refractivity contribution < 1.29 is 18.0 Å². The van der Waals surface area contributed by atoms with Crippen molar-refractivity contribution in [2.45, 2.75) is 58.0 Å². The molecule has 0 aromatic heterocycles. The maximum Gasteiger partial charge on any atom is 0.238 e. The smallest absolute Gasteiger partial charge is 0.238 e. The van der Waals surface area contributed by atoms with Gasteiger partial charge in [-0.05, 0) is 44.2 Å². The molecule has 2 amide bonds. The average Bonchev–Trinajstić information content (AvgIpc) is 3.42. The van der Waals surface area contributed by atoms with Crippen molar-refractivity contribution in [1.29, 1.82) is 0 Å². The summed E-state index contributed by atoms with van der Waals surface area (Å²) in [5.41, 5.74) is 3.00. The number of anilines is 1. The van der Waals surface area contributed by atoms with Crippen molar-refractivity contribution in [1.82, 2.24) is 14.7 Å². The van der Waals surface area contributed by atoms with Crippen LogP contribution in [0.2, 0.25) is 0 Å². The van der Waals surface area contributed by atoms with E-state index in [1.54, 1.807) is 0 Å². The van der Waals surface area contributed by atoms with Gasteiger partial charge in [0.05, 0.1) is 24.6 Å². The highest BCUT2D eigenvalue weighted by atomic mass is 32.2. The van der Waals surface area contributed by atoms with Gasteiger partial charge in [-0.3, -0.25) is 19.4 Å². The van der Waals surface area contributed by atoms with Gasteiger partial charge in [-0.2, -0.15) is 0 Å². The molecule has 188 valence electrons. The van der Waals surface area contributed by atoms with Gasteiger partial charge in [-0.15, -0.1) is 0 Å². The Hall–Kier alpha value is -1.97. The van der Waals surface area contributed by atoms with E-state index in [1.807, 2.05) is 36.9 Å². The Labute approximate surface area is 203 Å². The second-order valence-corrected chi connectivity index (χ2v) is 12.4. The molecular weight excluding hydrogens is 452 g/mol. The predicted molar refractivity (Wildman–Crippen MR) is 134 cm³/mol. The van der Waals surface area contributed by atoms with Crippen LogP contribution in [-0.2, 0) is 19.4 Å². The fourth-order valence-electron chi connectivity index (χ4n) is 5.65. The molecule has 3 aliphatic rings. The molecule has 1 N–H and O–H groups in total. The Kier molecular flexibility index (Phi) is 7.94. The number of piperazine rings is 1. The van der Waals surface area contributed by atoms with Crippen LogP contribution < -0.4 is 5.32 Å². The molecule has 1 aromatic rings. The molecule has 2 saturated heterocycles. The van der Waals surface area contributed by atoms with E-state index >= 15 is 0 Å². The lowest BCUT2D eigenvalue weighted by Crippen LogP contribution is -2.54. The highest BCUT2D eigenvalue weighted by Crippen LogP contribution is 2.29. The summed E-state index contributed by atoms with van der Waals surface area (Å²) in [6.45, 7) is 7.57. The first-order valence-corrected chi connectivity index (χ1v) is 14.4. The lowest BCUT2D eigenvalue weighted by atomic mass is 10.1. The highest BCUT2D eigenvalue weighted by Gasteiger charge is 2.39. The Morgan fingerprint density at radius 2 is 1.53 bits per heavy atom. The molecule has 2 heterocycles. The van der Waals surface area contributed by atoms with Gasteiger partial charge in [0.1, 0.15) is 0 Å². The Bertz CT molecular complexity index is 978. The van der Waals surface area contributed by atoms with Gasteiger partial charge in [0.15, 0.2) is 9.84 Å². The first-order chi connectivity index (χ1) is 16.2. The topological polar surface area (TPSA) is 90.0 Å². The summed E-state index contributed by atoms with van der Waals surface area (Å²) in [6, 6.07) is 5.99. The lowest BCUT2D eigenvalue weighted by molar-refractivity contribution is -0.137. The maximum absolute atomic E-state index is 13.3. The lowest BCUT2D eigenvalue weighted by Gasteiger charge is -2.38. The molecule has 1 atom stereocenters. The normalized spacial score (nSPS) is 23.8. The number of sulfone groups is 1. The number of rotatable bonds is 7. The van der Waals surface area contributed by atoms with Crippen molar-refractivity contribution in [3.8, 4) is 0 Å². The van der Waals surface area contributed by atoms with Gasteiger partial charge in [-0.25, -0.2) is 8.42 Å². The Morgan fingerprint density at radius 3 is 2.09 bits per heavy atom. The molecule has 8 nitrogen and oxygen atoms in total. The molecule has 3 fully saturated rings. The summed E-state index contributed by atoms with van der Waals surface area (Å²) in [4.78, 5) is 32.1. The largest absolute Gasteiger partial charge is 0.335 e. The SMILES string of the molecule is Cc1cccc(C)c1NC(=O)CN1CCN(CC(=O)N(C2CCCC2)C2CCS(=O)(=O)C2)CC1. The molecule has 0 radical (unpaired) electrons. The molecular formula is C25H38N4O4S. The van der Waals surface area contributed by atoms with Crippen LogP contribution in [0.4, 0.5) is 5.69 Å². The van der Waals surface area contributed by atoms with Gasteiger partial charge in [0.25, 0.3) is 0 Å². The summed E-state index contributed by atoms with van der Waals surface area (Å²) >= 11 is 0. The first kappa shape index (κ1) is 25.1. The van der Waals surface area contributed by atoms with E-state index in [0.717, 1.165) is 68.7 Å². The summed E-state index contributed by atoms with van der Waals surface area (Å²) < 4.78 is 24.1. The van der Waals surface area contributed by atoms with Crippen LogP contribution in [0.3, 0.4) is 0 Å². The number of carbonyl (C=O) groups is 2. The highest BCUT2D eigenvalue weighted by molar-refractivity contribution is 7.91. The number of aryl methyl sites for hydroxylation is 2. The standard InChI is InChI=1S/C25H38N4O4S/c1-19-6-5-7-20(2)25(19)26-23(30)16-27-11-13-28(14-12-27)17-24(31)29(21-8-3-4-9-21)22-10-15-34(32,33)18-22/h5-7,21-22H,3-4,8-18H2,1-2H3,(H,26,30). The molecule has 1 saturated carbocycles. The van der Waals surface area contributed by atoms with Crippen molar-refractivity contribution >= 4 is 27.3 Å². The van der Waals surface area contributed by atoms with E-state index in [4.69, 9.17) is 0 Å². The number of nitrogens with one attached hydrogen (secondary N) is 1. The summed E-state index contributed by atoms with van der Waals surface area (Å²) in [7, 11) is -3.04. The minimum absolute atomic E-state index is 0.0169. The molecule has 2 aliphatic heterocycles. The third kappa shape index (κ3) is 6.17. The average molecular weight is 491 g/mol. The zero-order valence-electron chi connectivity index (χ0n) is 20.5.